The molecule has 1 fully saturated rings. The topological polar surface area (TPSA) is 23.5 Å². The zero-order chi connectivity index (χ0) is 14.5. The van der Waals surface area contributed by atoms with E-state index in [1.807, 2.05) is 6.08 Å². The Balaban J connectivity index is 2.06. The van der Waals surface area contributed by atoms with E-state index in [1.54, 1.807) is 0 Å². The molecule has 1 saturated heterocycles. The molecule has 0 amide bonds. The molecule has 114 valence electrons. The molecule has 0 spiro atoms. The van der Waals surface area contributed by atoms with Crippen LogP contribution in [0.4, 0.5) is 0 Å². The average molecular weight is 277 g/mol. The van der Waals surface area contributed by atoms with Crippen molar-refractivity contribution in [3.63, 3.8) is 0 Å². The Bertz CT molecular complexity index is 349. The van der Waals surface area contributed by atoms with Crippen LogP contribution in [-0.2, 0) is 0 Å². The fourth-order valence-electron chi connectivity index (χ4n) is 4.05. The summed E-state index contributed by atoms with van der Waals surface area (Å²) in [6, 6.07) is 0.310. The number of aliphatic hydroxyl groups is 1. The van der Waals surface area contributed by atoms with Crippen LogP contribution < -0.4 is 0 Å². The molecule has 2 rings (SSSR count). The molecular formula is C18H31NO. The molecule has 0 aromatic carbocycles. The number of allylic oxidation sites excluding steroid dienone is 1. The highest BCUT2D eigenvalue weighted by atomic mass is 16.3. The number of hydrogen-bond acceptors (Lipinski definition) is 2. The fraction of sp³-hybridized carbons (Fsp3) is 0.778. The smallest absolute Gasteiger partial charge is 0.0701 e. The van der Waals surface area contributed by atoms with Crippen LogP contribution in [0.3, 0.4) is 0 Å². The van der Waals surface area contributed by atoms with E-state index in [-0.39, 0.29) is 6.10 Å². The lowest BCUT2D eigenvalue weighted by molar-refractivity contribution is 0.0571. The first-order valence-corrected chi connectivity index (χ1v) is 8.37. The van der Waals surface area contributed by atoms with Crippen molar-refractivity contribution in [2.24, 2.45) is 11.8 Å². The first kappa shape index (κ1) is 15.8. The zero-order valence-corrected chi connectivity index (χ0v) is 13.2. The normalized spacial score (nSPS) is 31.8. The molecule has 0 unspecified atom stereocenters. The standard InChI is InChI=1S/C18H31NO/c1-4-6-7-8-17(20)18-16-12-14(3)9-10-15(16)13-19(18)11-5-2/h5,12,15-18,20H,2,4,6-11,13H2,1,3H3/t15-,16-,17+,18-/m1/s1. The van der Waals surface area contributed by atoms with Crippen molar-refractivity contribution in [3.05, 3.63) is 24.3 Å². The Morgan fingerprint density at radius 1 is 1.50 bits per heavy atom. The van der Waals surface area contributed by atoms with Crippen LogP contribution >= 0.6 is 0 Å². The largest absolute Gasteiger partial charge is 0.391 e. The minimum Gasteiger partial charge on any atom is -0.391 e. The fourth-order valence-corrected chi connectivity index (χ4v) is 4.05. The SMILES string of the molecule is C=CCN1C[C@H]2CCC(C)=C[C@H]2[C@@H]1[C@@H](O)CCCCC. The number of nitrogens with zero attached hydrogens (tertiary/aromatic N) is 1. The number of aliphatic hydroxyl groups excluding tert-OH is 1. The van der Waals surface area contributed by atoms with Gasteiger partial charge in [-0.1, -0.05) is 43.9 Å². The Morgan fingerprint density at radius 3 is 3.00 bits per heavy atom. The summed E-state index contributed by atoms with van der Waals surface area (Å²) in [6.45, 7) is 10.4. The van der Waals surface area contributed by atoms with E-state index in [1.165, 1.54) is 31.3 Å². The Kier molecular flexibility index (Phi) is 5.86. The predicted molar refractivity (Wildman–Crippen MR) is 85.7 cm³/mol. The summed E-state index contributed by atoms with van der Waals surface area (Å²) in [6.07, 6.45) is 11.3. The third-order valence-corrected chi connectivity index (χ3v) is 5.08. The molecule has 1 N–H and O–H groups in total. The van der Waals surface area contributed by atoms with Gasteiger partial charge < -0.3 is 5.11 Å². The second-order valence-corrected chi connectivity index (χ2v) is 6.69. The van der Waals surface area contributed by atoms with E-state index in [0.717, 1.165) is 31.8 Å². The molecule has 2 aliphatic rings. The quantitative estimate of drug-likeness (QED) is 0.565. The third-order valence-electron chi connectivity index (χ3n) is 5.08. The molecular weight excluding hydrogens is 246 g/mol. The van der Waals surface area contributed by atoms with E-state index in [2.05, 4.69) is 31.4 Å². The van der Waals surface area contributed by atoms with Gasteiger partial charge in [0, 0.05) is 19.1 Å². The highest BCUT2D eigenvalue weighted by molar-refractivity contribution is 5.15. The number of rotatable bonds is 7. The molecule has 0 aromatic rings. The van der Waals surface area contributed by atoms with Gasteiger partial charge in [0.1, 0.15) is 0 Å². The van der Waals surface area contributed by atoms with Crippen LogP contribution in [-0.4, -0.2) is 35.2 Å². The molecule has 4 atom stereocenters. The summed E-state index contributed by atoms with van der Waals surface area (Å²) in [5, 5.41) is 10.7. The summed E-state index contributed by atoms with van der Waals surface area (Å²) >= 11 is 0. The Morgan fingerprint density at radius 2 is 2.30 bits per heavy atom. The van der Waals surface area contributed by atoms with E-state index >= 15 is 0 Å². The highest BCUT2D eigenvalue weighted by Gasteiger charge is 2.44. The van der Waals surface area contributed by atoms with E-state index in [9.17, 15) is 5.11 Å². The Labute approximate surface area is 124 Å². The van der Waals surface area contributed by atoms with Gasteiger partial charge in [-0.05, 0) is 38.0 Å². The maximum absolute atomic E-state index is 10.7. The van der Waals surface area contributed by atoms with Gasteiger partial charge in [-0.25, -0.2) is 0 Å². The summed E-state index contributed by atoms with van der Waals surface area (Å²) in [5.74, 6) is 1.30. The number of hydrogen-bond donors (Lipinski definition) is 1. The van der Waals surface area contributed by atoms with E-state index in [0.29, 0.717) is 12.0 Å². The van der Waals surface area contributed by atoms with Gasteiger partial charge in [-0.3, -0.25) is 4.90 Å². The van der Waals surface area contributed by atoms with Gasteiger partial charge in [0.25, 0.3) is 0 Å². The number of fused-ring (bicyclic) bond motifs is 1. The summed E-state index contributed by atoms with van der Waals surface area (Å²) in [4.78, 5) is 2.47. The predicted octanol–water partition coefficient (Wildman–Crippen LogP) is 3.77. The first-order valence-electron chi connectivity index (χ1n) is 8.37. The minimum absolute atomic E-state index is 0.182. The molecule has 2 heteroatoms. The van der Waals surface area contributed by atoms with Crippen molar-refractivity contribution in [1.82, 2.24) is 4.90 Å². The van der Waals surface area contributed by atoms with Crippen LogP contribution in [0, 0.1) is 11.8 Å². The van der Waals surface area contributed by atoms with Gasteiger partial charge in [0.05, 0.1) is 6.10 Å². The van der Waals surface area contributed by atoms with Gasteiger partial charge in [-0.15, -0.1) is 6.58 Å². The lowest BCUT2D eigenvalue weighted by atomic mass is 9.78. The van der Waals surface area contributed by atoms with Gasteiger partial charge >= 0.3 is 0 Å². The minimum atomic E-state index is -0.182. The van der Waals surface area contributed by atoms with E-state index in [4.69, 9.17) is 0 Å². The maximum atomic E-state index is 10.7. The van der Waals surface area contributed by atoms with Crippen molar-refractivity contribution in [1.29, 1.82) is 0 Å². The van der Waals surface area contributed by atoms with Crippen molar-refractivity contribution < 1.29 is 5.11 Å². The summed E-state index contributed by atoms with van der Waals surface area (Å²) in [7, 11) is 0. The van der Waals surface area contributed by atoms with Crippen molar-refractivity contribution in [2.45, 2.75) is 64.5 Å². The summed E-state index contributed by atoms with van der Waals surface area (Å²) in [5.41, 5.74) is 1.51. The van der Waals surface area contributed by atoms with Crippen LogP contribution in [0.15, 0.2) is 24.3 Å². The molecule has 2 nitrogen and oxygen atoms in total. The van der Waals surface area contributed by atoms with Gasteiger partial charge in [-0.2, -0.15) is 0 Å². The second kappa shape index (κ2) is 7.42. The third kappa shape index (κ3) is 3.53. The lowest BCUT2D eigenvalue weighted by Crippen LogP contribution is -2.42. The molecule has 0 saturated carbocycles. The van der Waals surface area contributed by atoms with Crippen LogP contribution in [0.5, 0.6) is 0 Å². The zero-order valence-electron chi connectivity index (χ0n) is 13.2. The monoisotopic (exact) mass is 277 g/mol. The lowest BCUT2D eigenvalue weighted by Gasteiger charge is -2.32. The number of unbranched alkanes of at least 4 members (excludes halogenated alkanes) is 2. The summed E-state index contributed by atoms with van der Waals surface area (Å²) < 4.78 is 0. The van der Waals surface area contributed by atoms with Crippen molar-refractivity contribution >= 4 is 0 Å². The van der Waals surface area contributed by atoms with Gasteiger partial charge in [0.2, 0.25) is 0 Å². The number of likely N-dealkylation sites (tertiary alicyclic amines) is 1. The van der Waals surface area contributed by atoms with Gasteiger partial charge in [0.15, 0.2) is 0 Å². The molecule has 0 aromatic heterocycles. The highest BCUT2D eigenvalue weighted by Crippen LogP contribution is 2.40. The van der Waals surface area contributed by atoms with Crippen molar-refractivity contribution in [3.8, 4) is 0 Å². The molecule has 20 heavy (non-hydrogen) atoms. The molecule has 0 radical (unpaired) electrons. The van der Waals surface area contributed by atoms with E-state index < -0.39 is 0 Å². The second-order valence-electron chi connectivity index (χ2n) is 6.69. The Hall–Kier alpha value is -0.600. The van der Waals surface area contributed by atoms with Crippen LogP contribution in [0.1, 0.15) is 52.4 Å². The molecule has 1 heterocycles. The van der Waals surface area contributed by atoms with Crippen molar-refractivity contribution in [2.75, 3.05) is 13.1 Å². The molecule has 0 bridgehead atoms. The van der Waals surface area contributed by atoms with Crippen LogP contribution in [0.2, 0.25) is 0 Å². The first-order chi connectivity index (χ1) is 9.67. The maximum Gasteiger partial charge on any atom is 0.0701 e. The molecule has 1 aliphatic carbocycles. The molecule has 1 aliphatic heterocycles. The average Bonchev–Trinajstić information content (AvgIpc) is 2.76. The van der Waals surface area contributed by atoms with Crippen LogP contribution in [0.25, 0.3) is 0 Å².